The van der Waals surface area contributed by atoms with Gasteiger partial charge in [0.25, 0.3) is 5.69 Å². The molecule has 102 valence electrons. The van der Waals surface area contributed by atoms with E-state index < -0.39 is 10.7 Å². The zero-order chi connectivity index (χ0) is 14.7. The molecule has 0 N–H and O–H groups in total. The second-order valence-electron chi connectivity index (χ2n) is 4.32. The number of hydrogen-bond donors (Lipinski definition) is 0. The molecule has 20 heavy (non-hydrogen) atoms. The van der Waals surface area contributed by atoms with Crippen LogP contribution in [0.4, 0.5) is 5.69 Å². The number of nitro benzene ring substituents is 1. The van der Waals surface area contributed by atoms with Crippen molar-refractivity contribution in [2.24, 2.45) is 7.05 Å². The number of aryl methyl sites for hydroxylation is 2. The van der Waals surface area contributed by atoms with Gasteiger partial charge in [-0.05, 0) is 25.1 Å². The fraction of sp³-hybridized carbons (Fsp3) is 0.143. The molecule has 0 aliphatic rings. The van der Waals surface area contributed by atoms with E-state index in [1.807, 2.05) is 6.92 Å². The molecular weight excluding hydrogens is 258 g/mol. The SMILES string of the molecule is Cc1nn(C)cc1/C=C/C(=O)c1ccccc1[N+](=O)[O-]. The number of benzene rings is 1. The number of aromatic nitrogens is 2. The van der Waals surface area contributed by atoms with E-state index in [2.05, 4.69) is 5.10 Å². The lowest BCUT2D eigenvalue weighted by molar-refractivity contribution is -0.385. The third-order valence-electron chi connectivity index (χ3n) is 2.83. The van der Waals surface area contributed by atoms with Crippen molar-refractivity contribution >= 4 is 17.5 Å². The van der Waals surface area contributed by atoms with Crippen molar-refractivity contribution in [3.8, 4) is 0 Å². The van der Waals surface area contributed by atoms with Crippen molar-refractivity contribution in [1.29, 1.82) is 0 Å². The normalized spacial score (nSPS) is 10.9. The molecule has 0 radical (unpaired) electrons. The average molecular weight is 271 g/mol. The molecule has 1 aromatic carbocycles. The Hall–Kier alpha value is -2.76. The first-order valence-corrected chi connectivity index (χ1v) is 5.95. The third-order valence-corrected chi connectivity index (χ3v) is 2.83. The summed E-state index contributed by atoms with van der Waals surface area (Å²) in [6, 6.07) is 5.89. The maximum atomic E-state index is 12.0. The summed E-state index contributed by atoms with van der Waals surface area (Å²) < 4.78 is 1.64. The molecule has 6 nitrogen and oxygen atoms in total. The van der Waals surface area contributed by atoms with Gasteiger partial charge in [-0.15, -0.1) is 0 Å². The lowest BCUT2D eigenvalue weighted by Gasteiger charge is -1.97. The third kappa shape index (κ3) is 2.80. The molecule has 0 aliphatic heterocycles. The minimum Gasteiger partial charge on any atom is -0.289 e. The smallest absolute Gasteiger partial charge is 0.280 e. The molecule has 0 atom stereocenters. The van der Waals surface area contributed by atoms with Crippen LogP contribution in [0.1, 0.15) is 21.6 Å². The Morgan fingerprint density at radius 3 is 2.70 bits per heavy atom. The number of rotatable bonds is 4. The maximum absolute atomic E-state index is 12.0. The van der Waals surface area contributed by atoms with Crippen LogP contribution in [-0.2, 0) is 7.05 Å². The lowest BCUT2D eigenvalue weighted by Crippen LogP contribution is -2.00. The number of ketones is 1. The standard InChI is InChI=1S/C14H13N3O3/c1-10-11(9-16(2)15-10)7-8-14(18)12-5-3-4-6-13(12)17(19)20/h3-9H,1-2H3/b8-7+. The van der Waals surface area contributed by atoms with Crippen LogP contribution in [0.15, 0.2) is 36.5 Å². The number of carbonyl (C=O) groups excluding carboxylic acids is 1. The summed E-state index contributed by atoms with van der Waals surface area (Å²) in [5.41, 5.74) is 1.49. The number of hydrogen-bond acceptors (Lipinski definition) is 4. The van der Waals surface area contributed by atoms with Gasteiger partial charge in [0.15, 0.2) is 5.78 Å². The molecule has 0 saturated carbocycles. The average Bonchev–Trinajstić information content (AvgIpc) is 2.74. The van der Waals surface area contributed by atoms with Crippen molar-refractivity contribution in [1.82, 2.24) is 9.78 Å². The molecule has 6 heteroatoms. The summed E-state index contributed by atoms with van der Waals surface area (Å²) in [5.74, 6) is -0.402. The Morgan fingerprint density at radius 2 is 2.10 bits per heavy atom. The van der Waals surface area contributed by atoms with Gasteiger partial charge in [0.1, 0.15) is 0 Å². The lowest BCUT2D eigenvalue weighted by atomic mass is 10.1. The van der Waals surface area contributed by atoms with E-state index in [4.69, 9.17) is 0 Å². The van der Waals surface area contributed by atoms with E-state index in [1.165, 1.54) is 24.3 Å². The van der Waals surface area contributed by atoms with Crippen molar-refractivity contribution < 1.29 is 9.72 Å². The first kappa shape index (κ1) is 13.7. The van der Waals surface area contributed by atoms with Crippen molar-refractivity contribution in [3.63, 3.8) is 0 Å². The van der Waals surface area contributed by atoms with Gasteiger partial charge < -0.3 is 0 Å². The summed E-state index contributed by atoms with van der Waals surface area (Å²) in [4.78, 5) is 22.4. The maximum Gasteiger partial charge on any atom is 0.280 e. The van der Waals surface area contributed by atoms with Crippen LogP contribution >= 0.6 is 0 Å². The fourth-order valence-electron chi connectivity index (χ4n) is 1.88. The highest BCUT2D eigenvalue weighted by molar-refractivity contribution is 6.09. The molecule has 1 heterocycles. The van der Waals surface area contributed by atoms with Crippen LogP contribution < -0.4 is 0 Å². The van der Waals surface area contributed by atoms with Crippen LogP contribution in [0, 0.1) is 17.0 Å². The number of nitrogens with zero attached hydrogens (tertiary/aromatic N) is 3. The van der Waals surface area contributed by atoms with E-state index in [-0.39, 0.29) is 11.3 Å². The monoisotopic (exact) mass is 271 g/mol. The first-order valence-electron chi connectivity index (χ1n) is 5.95. The molecule has 0 fully saturated rings. The van der Waals surface area contributed by atoms with E-state index in [1.54, 1.807) is 30.1 Å². The zero-order valence-corrected chi connectivity index (χ0v) is 11.1. The summed E-state index contributed by atoms with van der Waals surface area (Å²) in [6.45, 7) is 1.83. The largest absolute Gasteiger partial charge is 0.289 e. The van der Waals surface area contributed by atoms with Crippen LogP contribution in [0.5, 0.6) is 0 Å². The Labute approximate surface area is 115 Å². The second kappa shape index (κ2) is 5.48. The summed E-state index contributed by atoms with van der Waals surface area (Å²) in [7, 11) is 1.79. The Bertz CT molecular complexity index is 701. The van der Waals surface area contributed by atoms with Gasteiger partial charge in [0.05, 0.1) is 16.2 Å². The molecule has 1 aromatic heterocycles. The summed E-state index contributed by atoms with van der Waals surface area (Å²) >= 11 is 0. The second-order valence-corrected chi connectivity index (χ2v) is 4.32. The number of allylic oxidation sites excluding steroid dienone is 1. The zero-order valence-electron chi connectivity index (χ0n) is 11.1. The number of nitro groups is 1. The molecule has 0 bridgehead atoms. The fourth-order valence-corrected chi connectivity index (χ4v) is 1.88. The molecule has 0 unspecified atom stereocenters. The highest BCUT2D eigenvalue weighted by Gasteiger charge is 2.17. The van der Waals surface area contributed by atoms with Gasteiger partial charge >= 0.3 is 0 Å². The molecule has 0 aliphatic carbocycles. The topological polar surface area (TPSA) is 78.0 Å². The van der Waals surface area contributed by atoms with Crippen molar-refractivity contribution in [2.75, 3.05) is 0 Å². The number of para-hydroxylation sites is 1. The van der Waals surface area contributed by atoms with E-state index in [0.29, 0.717) is 0 Å². The van der Waals surface area contributed by atoms with Crippen LogP contribution in [0.25, 0.3) is 6.08 Å². The quantitative estimate of drug-likeness (QED) is 0.370. The minimum absolute atomic E-state index is 0.0790. The molecule has 2 aromatic rings. The van der Waals surface area contributed by atoms with E-state index in [9.17, 15) is 14.9 Å². The van der Waals surface area contributed by atoms with Gasteiger partial charge in [-0.2, -0.15) is 5.10 Å². The molecule has 2 rings (SSSR count). The Balaban J connectivity index is 2.29. The minimum atomic E-state index is -0.559. The van der Waals surface area contributed by atoms with E-state index >= 15 is 0 Å². The van der Waals surface area contributed by atoms with Crippen LogP contribution in [0.3, 0.4) is 0 Å². The van der Waals surface area contributed by atoms with E-state index in [0.717, 1.165) is 11.3 Å². The molecule has 0 saturated heterocycles. The molecular formula is C14H13N3O3. The van der Waals surface area contributed by atoms with Gasteiger partial charge in [0.2, 0.25) is 0 Å². The highest BCUT2D eigenvalue weighted by atomic mass is 16.6. The number of carbonyl (C=O) groups is 1. The predicted molar refractivity (Wildman–Crippen MR) is 74.4 cm³/mol. The predicted octanol–water partition coefficient (Wildman–Crippen LogP) is 2.53. The Kier molecular flexibility index (Phi) is 3.74. The van der Waals surface area contributed by atoms with Crippen LogP contribution in [-0.4, -0.2) is 20.5 Å². The van der Waals surface area contributed by atoms with Gasteiger partial charge in [-0.1, -0.05) is 12.1 Å². The first-order chi connectivity index (χ1) is 9.49. The van der Waals surface area contributed by atoms with Gasteiger partial charge in [-0.3, -0.25) is 19.6 Å². The molecule has 0 amide bonds. The van der Waals surface area contributed by atoms with Crippen molar-refractivity contribution in [3.05, 3.63) is 63.5 Å². The van der Waals surface area contributed by atoms with Crippen molar-refractivity contribution in [2.45, 2.75) is 6.92 Å². The van der Waals surface area contributed by atoms with Crippen LogP contribution in [0.2, 0.25) is 0 Å². The summed E-state index contributed by atoms with van der Waals surface area (Å²) in [5, 5.41) is 15.0. The highest BCUT2D eigenvalue weighted by Crippen LogP contribution is 2.19. The molecule has 0 spiro atoms. The van der Waals surface area contributed by atoms with Gasteiger partial charge in [-0.25, -0.2) is 0 Å². The Morgan fingerprint density at radius 1 is 1.40 bits per heavy atom. The summed E-state index contributed by atoms with van der Waals surface area (Å²) in [6.07, 6.45) is 4.71. The van der Waals surface area contributed by atoms with Gasteiger partial charge in [0, 0.05) is 24.9 Å².